The van der Waals surface area contributed by atoms with E-state index in [0.29, 0.717) is 22.0 Å². The highest BCUT2D eigenvalue weighted by molar-refractivity contribution is 9.11. The van der Waals surface area contributed by atoms with E-state index in [1.165, 1.54) is 0 Å². The van der Waals surface area contributed by atoms with Gasteiger partial charge in [0.25, 0.3) is 0 Å². The molecule has 21 heavy (non-hydrogen) atoms. The molecule has 3 rings (SSSR count). The van der Waals surface area contributed by atoms with E-state index in [1.54, 1.807) is 16.4 Å². The molecule has 0 aliphatic carbocycles. The minimum absolute atomic E-state index is 0.0865. The Balaban J connectivity index is 1.95. The van der Waals surface area contributed by atoms with Crippen molar-refractivity contribution in [2.45, 2.75) is 42.7 Å². The minimum atomic E-state index is -3.46. The number of hydrogen-bond acceptors (Lipinski definition) is 3. The highest BCUT2D eigenvalue weighted by atomic mass is 79.9. The summed E-state index contributed by atoms with van der Waals surface area (Å²) < 4.78 is 29.1. The normalized spacial score (nSPS) is 27.3. The molecule has 2 unspecified atom stereocenters. The average Bonchev–Trinajstić information content (AvgIpc) is 3.10. The first kappa shape index (κ1) is 15.9. The summed E-state index contributed by atoms with van der Waals surface area (Å²) in [5.41, 5.74) is 0. The Kier molecular flexibility index (Phi) is 4.76. The van der Waals surface area contributed by atoms with Crippen LogP contribution in [-0.4, -0.2) is 37.9 Å². The monoisotopic (exact) mass is 436 g/mol. The van der Waals surface area contributed by atoms with E-state index in [-0.39, 0.29) is 6.04 Å². The second-order valence-corrected chi connectivity index (χ2v) is 9.23. The zero-order valence-electron chi connectivity index (χ0n) is 11.6. The predicted octanol–water partition coefficient (Wildman–Crippen LogP) is 3.12. The van der Waals surface area contributed by atoms with Crippen molar-refractivity contribution < 1.29 is 8.42 Å². The van der Waals surface area contributed by atoms with Gasteiger partial charge in [0.2, 0.25) is 10.0 Å². The van der Waals surface area contributed by atoms with Crippen molar-refractivity contribution >= 4 is 41.9 Å². The van der Waals surface area contributed by atoms with Crippen molar-refractivity contribution in [1.82, 2.24) is 9.62 Å². The van der Waals surface area contributed by atoms with Gasteiger partial charge in [0.15, 0.2) is 0 Å². The molecule has 116 valence electrons. The Labute approximate surface area is 142 Å². The number of hydrogen-bond donors (Lipinski definition) is 1. The first-order valence-electron chi connectivity index (χ1n) is 7.20. The Morgan fingerprint density at radius 1 is 1.19 bits per heavy atom. The molecule has 0 bridgehead atoms. The molecule has 0 aromatic heterocycles. The summed E-state index contributed by atoms with van der Waals surface area (Å²) in [6.07, 6.45) is 4.09. The van der Waals surface area contributed by atoms with E-state index in [9.17, 15) is 8.42 Å². The molecule has 1 aromatic rings. The van der Waals surface area contributed by atoms with E-state index in [0.717, 1.165) is 36.7 Å². The number of halogens is 2. The number of sulfonamides is 1. The highest BCUT2D eigenvalue weighted by Gasteiger charge is 2.40. The van der Waals surface area contributed by atoms with Crippen molar-refractivity contribution in [3.63, 3.8) is 0 Å². The van der Waals surface area contributed by atoms with E-state index in [1.807, 2.05) is 6.07 Å². The summed E-state index contributed by atoms with van der Waals surface area (Å²) in [6, 6.07) is 5.67. The summed E-state index contributed by atoms with van der Waals surface area (Å²) in [5, 5.41) is 3.45. The van der Waals surface area contributed by atoms with Gasteiger partial charge in [0.1, 0.15) is 0 Å². The molecule has 0 spiro atoms. The van der Waals surface area contributed by atoms with Crippen LogP contribution in [0, 0.1) is 0 Å². The van der Waals surface area contributed by atoms with Gasteiger partial charge in [-0.05, 0) is 66.4 Å². The van der Waals surface area contributed by atoms with Crippen LogP contribution >= 0.6 is 31.9 Å². The first-order valence-corrected chi connectivity index (χ1v) is 10.2. The lowest BCUT2D eigenvalue weighted by Crippen LogP contribution is -2.46. The molecular weight excluding hydrogens is 420 g/mol. The van der Waals surface area contributed by atoms with Crippen molar-refractivity contribution in [2.24, 2.45) is 0 Å². The van der Waals surface area contributed by atoms with Crippen molar-refractivity contribution in [2.75, 3.05) is 13.1 Å². The number of rotatable bonds is 3. The molecule has 2 aliphatic rings. The lowest BCUT2D eigenvalue weighted by Gasteiger charge is -2.29. The molecular formula is C14H18Br2N2O2S. The third-order valence-electron chi connectivity index (χ3n) is 4.29. The maximum atomic E-state index is 13.0. The maximum Gasteiger partial charge on any atom is 0.244 e. The van der Waals surface area contributed by atoms with E-state index < -0.39 is 10.0 Å². The second-order valence-electron chi connectivity index (χ2n) is 5.60. The predicted molar refractivity (Wildman–Crippen MR) is 89.8 cm³/mol. The fraction of sp³-hybridized carbons (Fsp3) is 0.571. The number of nitrogens with one attached hydrogen (secondary N) is 1. The summed E-state index contributed by atoms with van der Waals surface area (Å²) in [6.45, 7) is 1.61. The van der Waals surface area contributed by atoms with Gasteiger partial charge < -0.3 is 5.32 Å². The average molecular weight is 438 g/mol. The summed E-state index contributed by atoms with van der Waals surface area (Å²) in [7, 11) is -3.46. The molecule has 4 nitrogen and oxygen atoms in total. The molecule has 0 amide bonds. The summed E-state index contributed by atoms with van der Waals surface area (Å²) in [4.78, 5) is 0.349. The van der Waals surface area contributed by atoms with Crippen LogP contribution in [0.3, 0.4) is 0 Å². The molecule has 0 saturated carbocycles. The van der Waals surface area contributed by atoms with Gasteiger partial charge in [-0.3, -0.25) is 0 Å². The Hall–Kier alpha value is 0.0500. The molecule has 2 fully saturated rings. The largest absolute Gasteiger partial charge is 0.312 e. The summed E-state index contributed by atoms with van der Waals surface area (Å²) >= 11 is 6.74. The smallest absolute Gasteiger partial charge is 0.244 e. The zero-order chi connectivity index (χ0) is 15.0. The van der Waals surface area contributed by atoms with Gasteiger partial charge in [-0.1, -0.05) is 15.9 Å². The third kappa shape index (κ3) is 3.08. The van der Waals surface area contributed by atoms with Crippen molar-refractivity contribution in [1.29, 1.82) is 0 Å². The molecule has 2 atom stereocenters. The van der Waals surface area contributed by atoms with Crippen LogP contribution in [0.15, 0.2) is 32.0 Å². The van der Waals surface area contributed by atoms with Crippen LogP contribution in [0.5, 0.6) is 0 Å². The highest BCUT2D eigenvalue weighted by Crippen LogP contribution is 2.34. The fourth-order valence-electron chi connectivity index (χ4n) is 3.31. The van der Waals surface area contributed by atoms with Gasteiger partial charge >= 0.3 is 0 Å². The summed E-state index contributed by atoms with van der Waals surface area (Å²) in [5.74, 6) is 0. The second kappa shape index (κ2) is 6.28. The van der Waals surface area contributed by atoms with Crippen LogP contribution in [0.25, 0.3) is 0 Å². The van der Waals surface area contributed by atoms with Crippen LogP contribution in [0.2, 0.25) is 0 Å². The maximum absolute atomic E-state index is 13.0. The molecule has 2 aliphatic heterocycles. The molecule has 1 N–H and O–H groups in total. The van der Waals surface area contributed by atoms with E-state index in [4.69, 9.17) is 0 Å². The lowest BCUT2D eigenvalue weighted by atomic mass is 10.1. The van der Waals surface area contributed by atoms with Gasteiger partial charge in [-0.15, -0.1) is 0 Å². The van der Waals surface area contributed by atoms with Crippen LogP contribution in [0.4, 0.5) is 0 Å². The van der Waals surface area contributed by atoms with Crippen molar-refractivity contribution in [3.05, 3.63) is 27.1 Å². The number of nitrogens with zero attached hydrogens (tertiary/aromatic N) is 1. The molecule has 2 heterocycles. The fourth-order valence-corrected chi connectivity index (χ4v) is 6.50. The SMILES string of the molecule is O=S(=O)(c1cc(Br)ccc1Br)N1CCCC1C1CCCN1. The van der Waals surface area contributed by atoms with Gasteiger partial charge in [-0.25, -0.2) is 8.42 Å². The van der Waals surface area contributed by atoms with E-state index in [2.05, 4.69) is 37.2 Å². The van der Waals surface area contributed by atoms with Crippen LogP contribution in [-0.2, 0) is 10.0 Å². The van der Waals surface area contributed by atoms with Gasteiger partial charge in [0, 0.05) is 27.6 Å². The standard InChI is InChI=1S/C14H18Br2N2O2S/c15-10-5-6-11(16)14(9-10)21(19,20)18-8-2-4-13(18)12-3-1-7-17-12/h5-6,9,12-13,17H,1-4,7-8H2. The van der Waals surface area contributed by atoms with Gasteiger partial charge in [-0.2, -0.15) is 4.31 Å². The Bertz CT molecular complexity index is 630. The minimum Gasteiger partial charge on any atom is -0.312 e. The Morgan fingerprint density at radius 3 is 2.71 bits per heavy atom. The first-order chi connectivity index (χ1) is 10.00. The third-order valence-corrected chi connectivity index (χ3v) is 7.70. The molecule has 2 saturated heterocycles. The molecule has 0 radical (unpaired) electrons. The van der Waals surface area contributed by atoms with Crippen LogP contribution in [0.1, 0.15) is 25.7 Å². The van der Waals surface area contributed by atoms with Crippen molar-refractivity contribution in [3.8, 4) is 0 Å². The zero-order valence-corrected chi connectivity index (χ0v) is 15.5. The van der Waals surface area contributed by atoms with Crippen LogP contribution < -0.4 is 5.32 Å². The quantitative estimate of drug-likeness (QED) is 0.790. The topological polar surface area (TPSA) is 49.4 Å². The number of benzene rings is 1. The van der Waals surface area contributed by atoms with E-state index >= 15 is 0 Å². The van der Waals surface area contributed by atoms with Gasteiger partial charge in [0.05, 0.1) is 4.90 Å². The molecule has 7 heteroatoms. The lowest BCUT2D eigenvalue weighted by molar-refractivity contribution is 0.322. The Morgan fingerprint density at radius 2 is 2.00 bits per heavy atom. The molecule has 1 aromatic carbocycles.